The third-order valence-corrected chi connectivity index (χ3v) is 4.78. The second-order valence-electron chi connectivity index (χ2n) is 6.89. The van der Waals surface area contributed by atoms with E-state index in [2.05, 4.69) is 21.3 Å². The number of Topliss-reactive ketones (excluding diaryl/α,β-unsaturated/α-hetero) is 1. The van der Waals surface area contributed by atoms with Crippen LogP contribution in [-0.2, 0) is 5.41 Å². The van der Waals surface area contributed by atoms with E-state index in [0.29, 0.717) is 5.56 Å². The molecule has 0 saturated carbocycles. The monoisotopic (exact) mass is 389 g/mol. The van der Waals surface area contributed by atoms with Crippen molar-refractivity contribution in [2.75, 3.05) is 0 Å². The lowest BCUT2D eigenvalue weighted by atomic mass is 9.75. The van der Waals surface area contributed by atoms with E-state index in [1.54, 1.807) is 24.8 Å². The first-order valence-corrected chi connectivity index (χ1v) is 8.81. The van der Waals surface area contributed by atoms with Crippen LogP contribution in [0.5, 0.6) is 0 Å². The maximum Gasteiger partial charge on any atom is 0.184 e. The number of ketones is 1. The van der Waals surface area contributed by atoms with E-state index in [1.807, 2.05) is 62.4 Å². The molecule has 0 aliphatic carbocycles. The molecule has 1 aliphatic rings. The number of nitrogens with zero attached hydrogens (tertiary/aromatic N) is 3. The molecule has 0 amide bonds. The molecule has 1 aliphatic heterocycles. The van der Waals surface area contributed by atoms with E-state index >= 15 is 0 Å². The number of carbonyl (C=O) groups excluding carboxylic acids is 1. The lowest BCUT2D eigenvalue weighted by molar-refractivity contribution is 0.0965. The van der Waals surface area contributed by atoms with Crippen molar-refractivity contribution in [2.45, 2.75) is 19.3 Å². The van der Waals surface area contributed by atoms with Gasteiger partial charge in [-0.05, 0) is 37.1 Å². The predicted octanol–water partition coefficient (Wildman–Crippen LogP) is 4.98. The molecule has 4 nitrogen and oxygen atoms in total. The number of pyridine rings is 1. The quantitative estimate of drug-likeness (QED) is 0.591. The Morgan fingerprint density at radius 3 is 2.18 bits per heavy atom. The average Bonchev–Trinajstić information content (AvgIpc) is 3.19. The minimum Gasteiger partial charge on any atom is -0.292 e. The lowest BCUT2D eigenvalue weighted by Crippen LogP contribution is -2.38. The van der Waals surface area contributed by atoms with Crippen molar-refractivity contribution in [3.63, 3.8) is 0 Å². The molecule has 5 heteroatoms. The molecule has 3 aromatic rings. The van der Waals surface area contributed by atoms with Crippen LogP contribution in [0.4, 0.5) is 0 Å². The van der Waals surface area contributed by atoms with E-state index in [4.69, 9.17) is 0 Å². The van der Waals surface area contributed by atoms with Gasteiger partial charge in [0.15, 0.2) is 5.78 Å². The molecule has 0 unspecified atom stereocenters. The smallest absolute Gasteiger partial charge is 0.184 e. The molecule has 28 heavy (non-hydrogen) atoms. The van der Waals surface area contributed by atoms with Gasteiger partial charge in [0.1, 0.15) is 5.41 Å². The minimum absolute atomic E-state index is 0. The van der Waals surface area contributed by atoms with Crippen molar-refractivity contribution in [2.24, 2.45) is 10.2 Å². The van der Waals surface area contributed by atoms with Crippen LogP contribution in [0.2, 0.25) is 0 Å². The molecular weight excluding hydrogens is 370 g/mol. The van der Waals surface area contributed by atoms with Crippen molar-refractivity contribution in [3.8, 4) is 11.1 Å². The summed E-state index contributed by atoms with van der Waals surface area (Å²) in [5.74, 6) is -0.0387. The molecule has 0 spiro atoms. The van der Waals surface area contributed by atoms with Gasteiger partial charge in [-0.15, -0.1) is 12.4 Å². The molecule has 0 N–H and O–H groups in total. The topological polar surface area (TPSA) is 54.7 Å². The fourth-order valence-corrected chi connectivity index (χ4v) is 3.51. The number of carbonyl (C=O) groups is 1. The molecule has 0 fully saturated rings. The highest BCUT2D eigenvalue weighted by molar-refractivity contribution is 6.27. The zero-order valence-electron chi connectivity index (χ0n) is 15.7. The van der Waals surface area contributed by atoms with Crippen molar-refractivity contribution < 1.29 is 4.79 Å². The van der Waals surface area contributed by atoms with E-state index in [0.717, 1.165) is 27.8 Å². The van der Waals surface area contributed by atoms with Crippen LogP contribution in [0, 0.1) is 13.8 Å². The van der Waals surface area contributed by atoms with E-state index in [1.165, 1.54) is 0 Å². The Morgan fingerprint density at radius 2 is 1.54 bits per heavy atom. The van der Waals surface area contributed by atoms with E-state index in [9.17, 15) is 4.79 Å². The first-order valence-electron chi connectivity index (χ1n) is 8.81. The molecule has 0 radical (unpaired) electrons. The second-order valence-corrected chi connectivity index (χ2v) is 6.89. The highest BCUT2D eigenvalue weighted by atomic mass is 35.5. The molecule has 2 aromatic carbocycles. The third kappa shape index (κ3) is 3.51. The lowest BCUT2D eigenvalue weighted by Gasteiger charge is -2.23. The Balaban J connectivity index is 0.00000225. The van der Waals surface area contributed by atoms with Crippen LogP contribution < -0.4 is 0 Å². The molecule has 0 bridgehead atoms. The summed E-state index contributed by atoms with van der Waals surface area (Å²) in [5.41, 5.74) is 4.68. The summed E-state index contributed by atoms with van der Waals surface area (Å²) in [6.07, 6.45) is 6.81. The molecule has 1 aromatic heterocycles. The normalized spacial score (nSPS) is 13.9. The standard InChI is InChI=1S/C23H19N3O.ClH/c1-16-9-17(2)11-21(10-16)23(14-25-26-15-23)22(27)19-6-3-5-18(12-19)20-7-4-8-24-13-20;/h3-15H,1-2H3;1H. The van der Waals surface area contributed by atoms with Gasteiger partial charge in [-0.25, -0.2) is 0 Å². The average molecular weight is 390 g/mol. The Morgan fingerprint density at radius 1 is 0.857 bits per heavy atom. The van der Waals surface area contributed by atoms with Crippen molar-refractivity contribution in [3.05, 3.63) is 89.2 Å². The highest BCUT2D eigenvalue weighted by Gasteiger charge is 2.40. The fraction of sp³-hybridized carbons (Fsp3) is 0.130. The van der Waals surface area contributed by atoms with Gasteiger partial charge in [0.25, 0.3) is 0 Å². The van der Waals surface area contributed by atoms with Crippen LogP contribution in [0.3, 0.4) is 0 Å². The summed E-state index contributed by atoms with van der Waals surface area (Å²) >= 11 is 0. The third-order valence-electron chi connectivity index (χ3n) is 4.78. The van der Waals surface area contributed by atoms with Gasteiger partial charge in [0.05, 0.1) is 12.4 Å². The molecule has 4 rings (SSSR count). The Kier molecular flexibility index (Phi) is 5.52. The highest BCUT2D eigenvalue weighted by Crippen LogP contribution is 2.31. The molecule has 140 valence electrons. The number of hydrogen-bond acceptors (Lipinski definition) is 4. The summed E-state index contributed by atoms with van der Waals surface area (Å²) in [6.45, 7) is 4.06. The van der Waals surface area contributed by atoms with Gasteiger partial charge >= 0.3 is 0 Å². The van der Waals surface area contributed by atoms with Gasteiger partial charge < -0.3 is 0 Å². The van der Waals surface area contributed by atoms with Crippen molar-refractivity contribution in [1.82, 2.24) is 4.98 Å². The number of halogens is 1. The first-order chi connectivity index (χ1) is 13.1. The largest absolute Gasteiger partial charge is 0.292 e. The van der Waals surface area contributed by atoms with Gasteiger partial charge in [-0.2, -0.15) is 10.2 Å². The molecular formula is C23H20ClN3O. The van der Waals surface area contributed by atoms with Crippen LogP contribution in [0.1, 0.15) is 27.0 Å². The number of hydrogen-bond donors (Lipinski definition) is 0. The van der Waals surface area contributed by atoms with Gasteiger partial charge in [-0.3, -0.25) is 9.78 Å². The summed E-state index contributed by atoms with van der Waals surface area (Å²) in [4.78, 5) is 17.7. The number of aryl methyl sites for hydroxylation is 2. The molecule has 0 atom stereocenters. The van der Waals surface area contributed by atoms with Crippen LogP contribution in [0.15, 0.2) is 77.2 Å². The zero-order chi connectivity index (χ0) is 18.9. The Bertz CT molecular complexity index is 1040. The summed E-state index contributed by atoms with van der Waals surface area (Å²) in [5, 5.41) is 8.03. The number of aromatic nitrogens is 1. The summed E-state index contributed by atoms with van der Waals surface area (Å²) in [6, 6.07) is 17.6. The zero-order valence-corrected chi connectivity index (χ0v) is 16.5. The Labute approximate surface area is 170 Å². The first kappa shape index (κ1) is 19.6. The van der Waals surface area contributed by atoms with Crippen molar-refractivity contribution >= 4 is 30.6 Å². The Hall–Kier alpha value is -3.11. The van der Waals surface area contributed by atoms with Crippen LogP contribution >= 0.6 is 12.4 Å². The molecule has 0 saturated heterocycles. The van der Waals surface area contributed by atoms with E-state index in [-0.39, 0.29) is 18.2 Å². The van der Waals surface area contributed by atoms with Gasteiger partial charge in [0, 0.05) is 23.5 Å². The number of benzene rings is 2. The van der Waals surface area contributed by atoms with Crippen LogP contribution in [-0.4, -0.2) is 23.2 Å². The van der Waals surface area contributed by atoms with Gasteiger partial charge in [-0.1, -0.05) is 53.6 Å². The van der Waals surface area contributed by atoms with E-state index < -0.39 is 5.41 Å². The maximum atomic E-state index is 13.6. The van der Waals surface area contributed by atoms with Gasteiger partial charge in [0.2, 0.25) is 0 Å². The SMILES string of the molecule is Cc1cc(C)cc(C2(C(=O)c3cccc(-c4cccnc4)c3)C=NN=C2)c1.Cl. The summed E-state index contributed by atoms with van der Waals surface area (Å²) < 4.78 is 0. The second kappa shape index (κ2) is 7.87. The fourth-order valence-electron chi connectivity index (χ4n) is 3.51. The number of rotatable bonds is 4. The minimum atomic E-state index is -0.968. The van der Waals surface area contributed by atoms with Crippen LogP contribution in [0.25, 0.3) is 11.1 Å². The molecule has 2 heterocycles. The maximum absolute atomic E-state index is 13.6. The predicted molar refractivity (Wildman–Crippen MR) is 116 cm³/mol. The summed E-state index contributed by atoms with van der Waals surface area (Å²) in [7, 11) is 0. The van der Waals surface area contributed by atoms with Crippen molar-refractivity contribution in [1.29, 1.82) is 0 Å².